The van der Waals surface area contributed by atoms with Crippen LogP contribution in [0.3, 0.4) is 0 Å². The lowest BCUT2D eigenvalue weighted by molar-refractivity contribution is -0.128. The van der Waals surface area contributed by atoms with E-state index in [-0.39, 0.29) is 23.7 Å². The van der Waals surface area contributed by atoms with E-state index in [0.29, 0.717) is 19.1 Å². The second-order valence-corrected chi connectivity index (χ2v) is 7.52. The molecule has 0 atom stereocenters. The van der Waals surface area contributed by atoms with E-state index in [4.69, 9.17) is 4.74 Å². The second-order valence-electron chi connectivity index (χ2n) is 7.52. The number of benzene rings is 1. The largest absolute Gasteiger partial charge is 0.383 e. The molecule has 2 amide bonds. The summed E-state index contributed by atoms with van der Waals surface area (Å²) in [6.45, 7) is 7.37. The van der Waals surface area contributed by atoms with E-state index in [1.165, 1.54) is 5.56 Å². The van der Waals surface area contributed by atoms with E-state index < -0.39 is 0 Å². The Labute approximate surface area is 156 Å². The molecule has 0 saturated heterocycles. The van der Waals surface area contributed by atoms with Gasteiger partial charge in [0.25, 0.3) is 0 Å². The molecule has 1 aromatic rings. The number of para-hydroxylation sites is 1. The minimum atomic E-state index is -0.0161. The van der Waals surface area contributed by atoms with Crippen LogP contribution < -0.4 is 10.6 Å². The van der Waals surface area contributed by atoms with Crippen LogP contribution in [0.25, 0.3) is 0 Å². The molecule has 1 aliphatic carbocycles. The molecule has 26 heavy (non-hydrogen) atoms. The highest BCUT2D eigenvalue weighted by atomic mass is 16.5. The normalized spacial score (nSPS) is 20.0. The highest BCUT2D eigenvalue weighted by Crippen LogP contribution is 2.32. The van der Waals surface area contributed by atoms with Crippen molar-refractivity contribution in [2.75, 3.05) is 25.6 Å². The van der Waals surface area contributed by atoms with Gasteiger partial charge in [-0.2, -0.15) is 0 Å². The van der Waals surface area contributed by atoms with E-state index in [0.717, 1.165) is 36.9 Å². The van der Waals surface area contributed by atoms with E-state index in [1.807, 2.05) is 19.1 Å². The molecule has 0 heterocycles. The predicted molar refractivity (Wildman–Crippen MR) is 104 cm³/mol. The molecule has 0 bridgehead atoms. The number of amides is 2. The van der Waals surface area contributed by atoms with Gasteiger partial charge in [-0.05, 0) is 49.7 Å². The molecule has 0 aliphatic heterocycles. The number of aryl methyl sites for hydroxylation is 1. The summed E-state index contributed by atoms with van der Waals surface area (Å²) in [4.78, 5) is 24.9. The Morgan fingerprint density at radius 2 is 1.73 bits per heavy atom. The lowest BCUT2D eigenvalue weighted by Crippen LogP contribution is -2.36. The van der Waals surface area contributed by atoms with Gasteiger partial charge in [0, 0.05) is 31.2 Å². The molecular formula is C21H32N2O3. The zero-order valence-corrected chi connectivity index (χ0v) is 16.4. The highest BCUT2D eigenvalue weighted by molar-refractivity contribution is 5.94. The maximum absolute atomic E-state index is 12.8. The molecule has 2 N–H and O–H groups in total. The molecule has 1 saturated carbocycles. The fourth-order valence-corrected chi connectivity index (χ4v) is 3.61. The molecule has 144 valence electrons. The van der Waals surface area contributed by atoms with Crippen LogP contribution in [0, 0.1) is 18.8 Å². The van der Waals surface area contributed by atoms with Gasteiger partial charge >= 0.3 is 0 Å². The SMILES string of the molecule is COCCNC(=O)C1CCC(C(=O)Nc2c(C)cccc2C(C)C)CC1. The first-order valence-electron chi connectivity index (χ1n) is 9.61. The molecule has 1 aliphatic rings. The van der Waals surface area contributed by atoms with Gasteiger partial charge in [-0.1, -0.05) is 32.0 Å². The van der Waals surface area contributed by atoms with Crippen LogP contribution in [-0.2, 0) is 14.3 Å². The Balaban J connectivity index is 1.90. The number of rotatable bonds is 7. The van der Waals surface area contributed by atoms with Crippen LogP contribution in [-0.4, -0.2) is 32.1 Å². The number of hydrogen-bond acceptors (Lipinski definition) is 3. The van der Waals surface area contributed by atoms with E-state index >= 15 is 0 Å². The van der Waals surface area contributed by atoms with Gasteiger partial charge in [0.05, 0.1) is 6.61 Å². The first-order chi connectivity index (χ1) is 12.4. The highest BCUT2D eigenvalue weighted by Gasteiger charge is 2.30. The van der Waals surface area contributed by atoms with Crippen LogP contribution in [0.4, 0.5) is 5.69 Å². The van der Waals surface area contributed by atoms with Crippen LogP contribution in [0.15, 0.2) is 18.2 Å². The number of carbonyl (C=O) groups excluding carboxylic acids is 2. The summed E-state index contributed by atoms with van der Waals surface area (Å²) in [7, 11) is 1.62. The quantitative estimate of drug-likeness (QED) is 0.730. The Morgan fingerprint density at radius 3 is 2.31 bits per heavy atom. The molecule has 5 heteroatoms. The Morgan fingerprint density at radius 1 is 1.12 bits per heavy atom. The molecule has 0 spiro atoms. The smallest absolute Gasteiger partial charge is 0.227 e. The summed E-state index contributed by atoms with van der Waals surface area (Å²) in [6.07, 6.45) is 3.05. The summed E-state index contributed by atoms with van der Waals surface area (Å²) >= 11 is 0. The van der Waals surface area contributed by atoms with Crippen molar-refractivity contribution < 1.29 is 14.3 Å². The number of anilines is 1. The molecule has 5 nitrogen and oxygen atoms in total. The van der Waals surface area contributed by atoms with Gasteiger partial charge in [-0.3, -0.25) is 9.59 Å². The summed E-state index contributed by atoms with van der Waals surface area (Å²) < 4.78 is 4.95. The molecule has 0 aromatic heterocycles. The Kier molecular flexibility index (Phi) is 7.64. The van der Waals surface area contributed by atoms with Crippen LogP contribution >= 0.6 is 0 Å². The third kappa shape index (κ3) is 5.31. The fraction of sp³-hybridized carbons (Fsp3) is 0.619. The van der Waals surface area contributed by atoms with Crippen LogP contribution in [0.5, 0.6) is 0 Å². The third-order valence-corrected chi connectivity index (χ3v) is 5.25. The van der Waals surface area contributed by atoms with Gasteiger partial charge in [0.15, 0.2) is 0 Å². The molecule has 1 aromatic carbocycles. The average molecular weight is 360 g/mol. The van der Waals surface area contributed by atoms with E-state index in [9.17, 15) is 9.59 Å². The third-order valence-electron chi connectivity index (χ3n) is 5.25. The fourth-order valence-electron chi connectivity index (χ4n) is 3.61. The number of hydrogen-bond donors (Lipinski definition) is 2. The minimum absolute atomic E-state index is 0.0144. The van der Waals surface area contributed by atoms with Crippen molar-refractivity contribution in [3.63, 3.8) is 0 Å². The van der Waals surface area contributed by atoms with Crippen molar-refractivity contribution in [2.24, 2.45) is 11.8 Å². The molecule has 0 radical (unpaired) electrons. The lowest BCUT2D eigenvalue weighted by Gasteiger charge is -2.28. The van der Waals surface area contributed by atoms with Crippen molar-refractivity contribution in [2.45, 2.75) is 52.4 Å². The second kappa shape index (κ2) is 9.72. The summed E-state index contributed by atoms with van der Waals surface area (Å²) in [5.41, 5.74) is 3.22. The predicted octanol–water partition coefficient (Wildman–Crippen LogP) is 3.63. The molecular weight excluding hydrogens is 328 g/mol. The van der Waals surface area contributed by atoms with Crippen molar-refractivity contribution in [3.05, 3.63) is 29.3 Å². The van der Waals surface area contributed by atoms with E-state index in [1.54, 1.807) is 7.11 Å². The summed E-state index contributed by atoms with van der Waals surface area (Å²) in [5, 5.41) is 6.06. The van der Waals surface area contributed by atoms with Gasteiger partial charge in [0.1, 0.15) is 0 Å². The number of ether oxygens (including phenoxy) is 1. The van der Waals surface area contributed by atoms with Crippen LogP contribution in [0.1, 0.15) is 56.6 Å². The Hall–Kier alpha value is -1.88. The van der Waals surface area contributed by atoms with Crippen molar-refractivity contribution >= 4 is 17.5 Å². The monoisotopic (exact) mass is 360 g/mol. The number of methoxy groups -OCH3 is 1. The van der Waals surface area contributed by atoms with Gasteiger partial charge in [-0.15, -0.1) is 0 Å². The Bertz CT molecular complexity index is 620. The maximum Gasteiger partial charge on any atom is 0.227 e. The standard InChI is InChI=1S/C21H32N2O3/c1-14(2)18-7-5-6-15(3)19(18)23-21(25)17-10-8-16(9-11-17)20(24)22-12-13-26-4/h5-7,14,16-17H,8-13H2,1-4H3,(H,22,24)(H,23,25). The topological polar surface area (TPSA) is 67.4 Å². The molecule has 1 fully saturated rings. The summed E-state index contributed by atoms with van der Waals surface area (Å²) in [5.74, 6) is 0.524. The minimum Gasteiger partial charge on any atom is -0.383 e. The summed E-state index contributed by atoms with van der Waals surface area (Å²) in [6, 6.07) is 6.14. The number of nitrogens with one attached hydrogen (secondary N) is 2. The number of carbonyl (C=O) groups is 2. The zero-order valence-electron chi connectivity index (χ0n) is 16.4. The molecule has 0 unspecified atom stereocenters. The maximum atomic E-state index is 12.8. The average Bonchev–Trinajstić information content (AvgIpc) is 2.63. The zero-order chi connectivity index (χ0) is 19.1. The van der Waals surface area contributed by atoms with Crippen molar-refractivity contribution in [1.29, 1.82) is 0 Å². The van der Waals surface area contributed by atoms with E-state index in [2.05, 4.69) is 30.5 Å². The van der Waals surface area contributed by atoms with Gasteiger partial charge in [0.2, 0.25) is 11.8 Å². The lowest BCUT2D eigenvalue weighted by atomic mass is 9.81. The first-order valence-corrected chi connectivity index (χ1v) is 9.61. The van der Waals surface area contributed by atoms with Crippen LogP contribution in [0.2, 0.25) is 0 Å². The van der Waals surface area contributed by atoms with Crippen molar-refractivity contribution in [3.8, 4) is 0 Å². The van der Waals surface area contributed by atoms with Gasteiger partial charge in [-0.25, -0.2) is 0 Å². The van der Waals surface area contributed by atoms with Gasteiger partial charge < -0.3 is 15.4 Å². The first kappa shape index (κ1) is 20.4. The molecule has 2 rings (SSSR count). The van der Waals surface area contributed by atoms with Crippen molar-refractivity contribution in [1.82, 2.24) is 5.32 Å².